The zero-order chi connectivity index (χ0) is 9.14. The first kappa shape index (κ1) is 8.58. The molecule has 0 unspecified atom stereocenters. The number of hydrogen-bond donors (Lipinski definition) is 1. The van der Waals surface area contributed by atoms with Gasteiger partial charge in [0.1, 0.15) is 5.69 Å². The molecule has 0 atom stereocenters. The third-order valence-corrected chi connectivity index (χ3v) is 1.24. The fraction of sp³-hybridized carbons (Fsp3) is 0.429. The van der Waals surface area contributed by atoms with Gasteiger partial charge in [-0.15, -0.1) is 0 Å². The van der Waals surface area contributed by atoms with E-state index >= 15 is 0 Å². The molecule has 5 nitrogen and oxygen atoms in total. The Kier molecular flexibility index (Phi) is 2.32. The normalized spacial score (nSPS) is 9.83. The Morgan fingerprint density at radius 2 is 2.42 bits per heavy atom. The summed E-state index contributed by atoms with van der Waals surface area (Å²) in [4.78, 5) is 14.3. The van der Waals surface area contributed by atoms with Gasteiger partial charge in [0.25, 0.3) is 5.89 Å². The van der Waals surface area contributed by atoms with Crippen LogP contribution >= 0.6 is 0 Å². The molecule has 0 aliphatic carbocycles. The van der Waals surface area contributed by atoms with Crippen LogP contribution in [0.15, 0.2) is 4.42 Å². The third kappa shape index (κ3) is 1.55. The number of rotatable bonds is 3. The maximum atomic E-state index is 10.6. The van der Waals surface area contributed by atoms with Crippen molar-refractivity contribution in [2.24, 2.45) is 5.73 Å². The van der Waals surface area contributed by atoms with E-state index in [1.54, 1.807) is 6.92 Å². The number of ether oxygens (including phenoxy) is 1. The van der Waals surface area contributed by atoms with Crippen molar-refractivity contribution >= 4 is 5.91 Å². The van der Waals surface area contributed by atoms with E-state index in [9.17, 15) is 4.79 Å². The smallest absolute Gasteiger partial charge is 0.308 e. The van der Waals surface area contributed by atoms with Crippen molar-refractivity contribution < 1.29 is 13.9 Å². The van der Waals surface area contributed by atoms with Gasteiger partial charge in [0.05, 0.1) is 6.61 Å². The average molecular weight is 170 g/mol. The fourth-order valence-corrected chi connectivity index (χ4v) is 0.753. The molecule has 12 heavy (non-hydrogen) atoms. The van der Waals surface area contributed by atoms with Crippen molar-refractivity contribution in [1.82, 2.24) is 4.98 Å². The van der Waals surface area contributed by atoms with E-state index in [2.05, 4.69) is 4.98 Å². The molecule has 0 fully saturated rings. The number of amides is 1. The summed E-state index contributed by atoms with van der Waals surface area (Å²) in [7, 11) is 0. The van der Waals surface area contributed by atoms with Gasteiger partial charge in [-0.3, -0.25) is 4.79 Å². The van der Waals surface area contributed by atoms with E-state index in [1.165, 1.54) is 0 Å². The van der Waals surface area contributed by atoms with Gasteiger partial charge < -0.3 is 14.9 Å². The van der Waals surface area contributed by atoms with Crippen LogP contribution in [0.2, 0.25) is 0 Å². The quantitative estimate of drug-likeness (QED) is 0.715. The van der Waals surface area contributed by atoms with Crippen LogP contribution in [-0.4, -0.2) is 17.5 Å². The summed E-state index contributed by atoms with van der Waals surface area (Å²) in [5.74, 6) is -0.550. The minimum Gasteiger partial charge on any atom is -0.464 e. The molecule has 0 aliphatic heterocycles. The van der Waals surface area contributed by atoms with Crippen molar-refractivity contribution in [3.05, 3.63) is 11.6 Å². The van der Waals surface area contributed by atoms with E-state index in [0.717, 1.165) is 0 Å². The zero-order valence-corrected chi connectivity index (χ0v) is 6.96. The molecule has 1 aromatic heterocycles. The van der Waals surface area contributed by atoms with Crippen LogP contribution in [0.3, 0.4) is 0 Å². The second-order valence-corrected chi connectivity index (χ2v) is 2.19. The number of nitrogens with two attached hydrogens (primary N) is 1. The number of aryl methyl sites for hydroxylation is 1. The predicted molar refractivity (Wildman–Crippen MR) is 40.9 cm³/mol. The lowest BCUT2D eigenvalue weighted by Crippen LogP contribution is -2.10. The first-order valence-electron chi connectivity index (χ1n) is 3.55. The Hall–Kier alpha value is -1.52. The number of carbonyl (C=O) groups excluding carboxylic acids is 1. The summed E-state index contributed by atoms with van der Waals surface area (Å²) < 4.78 is 9.94. The highest BCUT2D eigenvalue weighted by Crippen LogP contribution is 2.18. The van der Waals surface area contributed by atoms with E-state index in [0.29, 0.717) is 12.3 Å². The van der Waals surface area contributed by atoms with Crippen LogP contribution in [0.1, 0.15) is 23.3 Å². The number of aromatic nitrogens is 1. The topological polar surface area (TPSA) is 78.4 Å². The lowest BCUT2D eigenvalue weighted by molar-refractivity contribution is 0.0959. The molecule has 0 radical (unpaired) electrons. The Balaban J connectivity index is 2.92. The molecule has 1 amide bonds. The second kappa shape index (κ2) is 3.25. The van der Waals surface area contributed by atoms with Crippen LogP contribution < -0.4 is 10.5 Å². The van der Waals surface area contributed by atoms with Crippen LogP contribution in [0.25, 0.3) is 0 Å². The van der Waals surface area contributed by atoms with Gasteiger partial charge in [0, 0.05) is 0 Å². The fourth-order valence-electron chi connectivity index (χ4n) is 0.753. The van der Waals surface area contributed by atoms with Crippen LogP contribution in [0.4, 0.5) is 0 Å². The molecular formula is C7H10N2O3. The summed E-state index contributed by atoms with van der Waals surface area (Å²) in [6, 6.07) is 0. The molecule has 0 saturated carbocycles. The molecule has 2 N–H and O–H groups in total. The van der Waals surface area contributed by atoms with Gasteiger partial charge in [0.15, 0.2) is 0 Å². The molecule has 1 rings (SSSR count). The molecule has 0 spiro atoms. The highest BCUT2D eigenvalue weighted by Gasteiger charge is 2.13. The monoisotopic (exact) mass is 170 g/mol. The van der Waals surface area contributed by atoms with Crippen molar-refractivity contribution in [2.75, 3.05) is 6.61 Å². The second-order valence-electron chi connectivity index (χ2n) is 2.19. The molecular weight excluding hydrogens is 160 g/mol. The predicted octanol–water partition coefficient (Wildman–Crippen LogP) is 0.481. The summed E-state index contributed by atoms with van der Waals surface area (Å²) in [6.45, 7) is 3.96. The van der Waals surface area contributed by atoms with E-state index in [1.807, 2.05) is 6.92 Å². The number of oxazole rings is 1. The minimum absolute atomic E-state index is 0.115. The Morgan fingerprint density at radius 1 is 1.75 bits per heavy atom. The first-order chi connectivity index (χ1) is 5.65. The van der Waals surface area contributed by atoms with Gasteiger partial charge in [-0.1, -0.05) is 0 Å². The summed E-state index contributed by atoms with van der Waals surface area (Å²) >= 11 is 0. The molecule has 1 heterocycles. The number of primary amides is 1. The maximum absolute atomic E-state index is 10.6. The van der Waals surface area contributed by atoms with Gasteiger partial charge in [-0.2, -0.15) is 0 Å². The van der Waals surface area contributed by atoms with Gasteiger partial charge >= 0.3 is 11.9 Å². The van der Waals surface area contributed by atoms with Gasteiger partial charge in [-0.25, -0.2) is 4.98 Å². The highest BCUT2D eigenvalue weighted by atomic mass is 16.6. The summed E-state index contributed by atoms with van der Waals surface area (Å²) in [6.07, 6.45) is 0. The summed E-state index contributed by atoms with van der Waals surface area (Å²) in [5.41, 5.74) is 5.47. The summed E-state index contributed by atoms with van der Waals surface area (Å²) in [5, 5.41) is 0. The highest BCUT2D eigenvalue weighted by molar-refractivity contribution is 5.88. The number of carbonyl (C=O) groups is 1. The Bertz CT molecular complexity index is 293. The van der Waals surface area contributed by atoms with Crippen molar-refractivity contribution in [3.63, 3.8) is 0 Å². The third-order valence-electron chi connectivity index (χ3n) is 1.24. The Labute approximate surface area is 69.5 Å². The van der Waals surface area contributed by atoms with Crippen LogP contribution in [0, 0.1) is 6.92 Å². The van der Waals surface area contributed by atoms with Crippen LogP contribution in [0.5, 0.6) is 5.95 Å². The minimum atomic E-state index is -0.691. The van der Waals surface area contributed by atoms with Crippen molar-refractivity contribution in [2.45, 2.75) is 13.8 Å². The standard InChI is InChI=1S/C7H10N2O3/c1-3-11-7-4(2)9-6(12-7)5(8)10/h3H2,1-2H3,(H2,8,10). The van der Waals surface area contributed by atoms with E-state index in [-0.39, 0.29) is 11.8 Å². The molecule has 0 saturated heterocycles. The SMILES string of the molecule is CCOc1oc(C(N)=O)nc1C. The van der Waals surface area contributed by atoms with Crippen molar-refractivity contribution in [1.29, 1.82) is 0 Å². The molecule has 0 aliphatic rings. The van der Waals surface area contributed by atoms with Gasteiger partial charge in [0.2, 0.25) is 0 Å². The lowest BCUT2D eigenvalue weighted by Gasteiger charge is -1.95. The largest absolute Gasteiger partial charge is 0.464 e. The lowest BCUT2D eigenvalue weighted by atomic mass is 10.5. The van der Waals surface area contributed by atoms with Gasteiger partial charge in [-0.05, 0) is 13.8 Å². The number of nitrogens with zero attached hydrogens (tertiary/aromatic N) is 1. The molecule has 5 heteroatoms. The molecule has 0 bridgehead atoms. The molecule has 0 aromatic carbocycles. The average Bonchev–Trinajstić information content (AvgIpc) is 2.34. The maximum Gasteiger partial charge on any atom is 0.308 e. The van der Waals surface area contributed by atoms with Crippen molar-refractivity contribution in [3.8, 4) is 5.95 Å². The van der Waals surface area contributed by atoms with Crippen LogP contribution in [-0.2, 0) is 0 Å². The Morgan fingerprint density at radius 3 is 2.83 bits per heavy atom. The molecule has 66 valence electrons. The molecule has 1 aromatic rings. The first-order valence-corrected chi connectivity index (χ1v) is 3.55. The van der Waals surface area contributed by atoms with E-state index < -0.39 is 5.91 Å². The number of hydrogen-bond acceptors (Lipinski definition) is 4. The van der Waals surface area contributed by atoms with E-state index in [4.69, 9.17) is 14.9 Å². The zero-order valence-electron chi connectivity index (χ0n) is 6.96.